The number of halogens is 2. The van der Waals surface area contributed by atoms with Gasteiger partial charge in [-0.25, -0.2) is 8.78 Å². The molecule has 0 bridgehead atoms. The second-order valence-corrected chi connectivity index (χ2v) is 4.60. The molecule has 4 heteroatoms. The lowest BCUT2D eigenvalue weighted by Gasteiger charge is -2.37. The fraction of sp³-hybridized carbons (Fsp3) is 0.462. The van der Waals surface area contributed by atoms with Crippen molar-refractivity contribution in [3.63, 3.8) is 0 Å². The van der Waals surface area contributed by atoms with Gasteiger partial charge in [-0.05, 0) is 32.4 Å². The van der Waals surface area contributed by atoms with Crippen molar-refractivity contribution in [1.29, 1.82) is 5.26 Å². The summed E-state index contributed by atoms with van der Waals surface area (Å²) in [6.45, 7) is 5.87. The molecule has 1 aromatic carbocycles. The maximum Gasteiger partial charge on any atom is 0.183 e. The first-order chi connectivity index (χ1) is 7.85. The van der Waals surface area contributed by atoms with Gasteiger partial charge in [0.05, 0.1) is 11.3 Å². The summed E-state index contributed by atoms with van der Waals surface area (Å²) in [5.41, 5.74) is -0.371. The summed E-state index contributed by atoms with van der Waals surface area (Å²) < 4.78 is 27.3. The molecule has 0 aliphatic carbocycles. The Bertz CT molecular complexity index is 461. The van der Waals surface area contributed by atoms with Crippen molar-refractivity contribution in [2.24, 2.45) is 0 Å². The van der Waals surface area contributed by atoms with E-state index in [2.05, 4.69) is 0 Å². The van der Waals surface area contributed by atoms with E-state index in [-0.39, 0.29) is 16.8 Å². The lowest BCUT2D eigenvalue weighted by molar-refractivity contribution is 0.451. The molecule has 92 valence electrons. The van der Waals surface area contributed by atoms with Gasteiger partial charge in [-0.3, -0.25) is 0 Å². The molecule has 1 rings (SSSR count). The largest absolute Gasteiger partial charge is 0.367 e. The lowest BCUT2D eigenvalue weighted by atomic mass is 9.99. The first kappa shape index (κ1) is 13.4. The molecule has 0 N–H and O–H groups in total. The lowest BCUT2D eigenvalue weighted by Crippen LogP contribution is -2.41. The zero-order valence-corrected chi connectivity index (χ0v) is 10.5. The monoisotopic (exact) mass is 238 g/mol. The van der Waals surface area contributed by atoms with Gasteiger partial charge >= 0.3 is 0 Å². The van der Waals surface area contributed by atoms with Gasteiger partial charge in [0.1, 0.15) is 6.07 Å². The molecule has 0 heterocycles. The van der Waals surface area contributed by atoms with Crippen LogP contribution in [0.1, 0.15) is 32.8 Å². The highest BCUT2D eigenvalue weighted by Crippen LogP contribution is 2.29. The molecule has 0 saturated carbocycles. The van der Waals surface area contributed by atoms with E-state index in [0.717, 1.165) is 6.42 Å². The van der Waals surface area contributed by atoms with Crippen LogP contribution < -0.4 is 4.90 Å². The molecule has 0 aliphatic rings. The molecule has 0 spiro atoms. The van der Waals surface area contributed by atoms with Crippen LogP contribution in [0.15, 0.2) is 12.1 Å². The van der Waals surface area contributed by atoms with Gasteiger partial charge in [-0.2, -0.15) is 5.26 Å². The zero-order valence-electron chi connectivity index (χ0n) is 10.5. The quantitative estimate of drug-likeness (QED) is 0.806. The van der Waals surface area contributed by atoms with Gasteiger partial charge in [0, 0.05) is 12.6 Å². The maximum absolute atomic E-state index is 13.8. The summed E-state index contributed by atoms with van der Waals surface area (Å²) in [5, 5.41) is 8.61. The van der Waals surface area contributed by atoms with E-state index < -0.39 is 11.6 Å². The smallest absolute Gasteiger partial charge is 0.183 e. The summed E-state index contributed by atoms with van der Waals surface area (Å²) in [5.74, 6) is -2.04. The maximum atomic E-state index is 13.8. The molecule has 0 atom stereocenters. The summed E-state index contributed by atoms with van der Waals surface area (Å²) in [7, 11) is 1.72. The zero-order chi connectivity index (χ0) is 13.2. The summed E-state index contributed by atoms with van der Waals surface area (Å²) in [4.78, 5) is 1.69. The predicted molar refractivity (Wildman–Crippen MR) is 63.8 cm³/mol. The third kappa shape index (κ3) is 2.38. The molecule has 0 amide bonds. The fourth-order valence-corrected chi connectivity index (χ4v) is 1.45. The van der Waals surface area contributed by atoms with E-state index in [1.165, 1.54) is 12.1 Å². The number of nitrogens with zero attached hydrogens (tertiary/aromatic N) is 2. The second kappa shape index (κ2) is 4.70. The number of rotatable bonds is 3. The fourth-order valence-electron chi connectivity index (χ4n) is 1.45. The highest BCUT2D eigenvalue weighted by Gasteiger charge is 2.25. The molecule has 0 saturated heterocycles. The van der Waals surface area contributed by atoms with Crippen molar-refractivity contribution in [2.75, 3.05) is 11.9 Å². The van der Waals surface area contributed by atoms with Crippen LogP contribution in [0.3, 0.4) is 0 Å². The SMILES string of the molecule is CCC(C)(C)N(C)c1ccc(C#N)c(F)c1F. The summed E-state index contributed by atoms with van der Waals surface area (Å²) >= 11 is 0. The van der Waals surface area contributed by atoms with Crippen LogP contribution in [0.5, 0.6) is 0 Å². The first-order valence-corrected chi connectivity index (χ1v) is 5.47. The number of anilines is 1. The van der Waals surface area contributed by atoms with Crippen molar-refractivity contribution < 1.29 is 8.78 Å². The molecule has 0 aromatic heterocycles. The minimum atomic E-state index is -1.08. The van der Waals surface area contributed by atoms with E-state index in [9.17, 15) is 8.78 Å². The van der Waals surface area contributed by atoms with Crippen LogP contribution in [0.4, 0.5) is 14.5 Å². The predicted octanol–water partition coefficient (Wildman–Crippen LogP) is 3.46. The number of hydrogen-bond donors (Lipinski definition) is 0. The summed E-state index contributed by atoms with van der Waals surface area (Å²) in [6, 6.07) is 4.36. The average molecular weight is 238 g/mol. The topological polar surface area (TPSA) is 27.0 Å². The van der Waals surface area contributed by atoms with Gasteiger partial charge in [-0.15, -0.1) is 0 Å². The van der Waals surface area contributed by atoms with Gasteiger partial charge in [0.2, 0.25) is 0 Å². The minimum absolute atomic E-state index is 0.174. The Balaban J connectivity index is 3.27. The van der Waals surface area contributed by atoms with Crippen molar-refractivity contribution in [3.05, 3.63) is 29.3 Å². The first-order valence-electron chi connectivity index (χ1n) is 5.47. The third-order valence-electron chi connectivity index (χ3n) is 3.32. The number of hydrogen-bond acceptors (Lipinski definition) is 2. The van der Waals surface area contributed by atoms with Crippen molar-refractivity contribution in [1.82, 2.24) is 0 Å². The Morgan fingerprint density at radius 1 is 1.29 bits per heavy atom. The third-order valence-corrected chi connectivity index (χ3v) is 3.32. The van der Waals surface area contributed by atoms with Gasteiger partial charge in [-0.1, -0.05) is 6.92 Å². The summed E-state index contributed by atoms with van der Waals surface area (Å²) in [6.07, 6.45) is 0.796. The Kier molecular flexibility index (Phi) is 3.72. The Morgan fingerprint density at radius 2 is 1.88 bits per heavy atom. The standard InChI is InChI=1S/C13H16F2N2/c1-5-13(2,3)17(4)10-7-6-9(8-16)11(14)12(10)15/h6-7H,5H2,1-4H3. The van der Waals surface area contributed by atoms with E-state index in [1.54, 1.807) is 18.0 Å². The van der Waals surface area contributed by atoms with E-state index >= 15 is 0 Å². The normalized spacial score (nSPS) is 11.1. The Morgan fingerprint density at radius 3 is 2.35 bits per heavy atom. The van der Waals surface area contributed by atoms with Crippen molar-refractivity contribution >= 4 is 5.69 Å². The van der Waals surface area contributed by atoms with Crippen LogP contribution in [-0.2, 0) is 0 Å². The highest BCUT2D eigenvalue weighted by atomic mass is 19.2. The molecule has 0 unspecified atom stereocenters. The molecule has 0 radical (unpaired) electrons. The highest BCUT2D eigenvalue weighted by molar-refractivity contribution is 5.53. The van der Waals surface area contributed by atoms with E-state index in [1.807, 2.05) is 20.8 Å². The molecular formula is C13H16F2N2. The molecule has 0 aliphatic heterocycles. The van der Waals surface area contributed by atoms with E-state index in [4.69, 9.17) is 5.26 Å². The van der Waals surface area contributed by atoms with Crippen LogP contribution in [0.25, 0.3) is 0 Å². The average Bonchev–Trinajstić information content (AvgIpc) is 2.31. The van der Waals surface area contributed by atoms with E-state index in [0.29, 0.717) is 0 Å². The number of nitriles is 1. The Labute approximate surface area is 100 Å². The van der Waals surface area contributed by atoms with Gasteiger partial charge in [0.15, 0.2) is 11.6 Å². The van der Waals surface area contributed by atoms with Crippen LogP contribution >= 0.6 is 0 Å². The van der Waals surface area contributed by atoms with Crippen molar-refractivity contribution in [3.8, 4) is 6.07 Å². The van der Waals surface area contributed by atoms with Crippen LogP contribution in [0, 0.1) is 23.0 Å². The van der Waals surface area contributed by atoms with Gasteiger partial charge in [0.25, 0.3) is 0 Å². The Hall–Kier alpha value is -1.63. The molecule has 0 fully saturated rings. The molecule has 1 aromatic rings. The van der Waals surface area contributed by atoms with Crippen LogP contribution in [0.2, 0.25) is 0 Å². The minimum Gasteiger partial charge on any atom is -0.367 e. The second-order valence-electron chi connectivity index (χ2n) is 4.60. The van der Waals surface area contributed by atoms with Gasteiger partial charge < -0.3 is 4.90 Å². The molecular weight excluding hydrogens is 222 g/mol. The number of benzene rings is 1. The molecule has 17 heavy (non-hydrogen) atoms. The van der Waals surface area contributed by atoms with Crippen molar-refractivity contribution in [2.45, 2.75) is 32.7 Å². The van der Waals surface area contributed by atoms with Crippen LogP contribution in [-0.4, -0.2) is 12.6 Å². The molecule has 2 nitrogen and oxygen atoms in total.